The average Bonchev–Trinajstić information content (AvgIpc) is 3.18. The van der Waals surface area contributed by atoms with Crippen LogP contribution in [0.2, 0.25) is 0 Å². The van der Waals surface area contributed by atoms with E-state index in [1.165, 1.54) is 6.07 Å². The van der Waals surface area contributed by atoms with Crippen molar-refractivity contribution >= 4 is 33.8 Å². The first kappa shape index (κ1) is 26.1. The van der Waals surface area contributed by atoms with Crippen LogP contribution in [0.15, 0.2) is 41.0 Å². The number of halogens is 1. The lowest BCUT2D eigenvalue weighted by Gasteiger charge is -2.15. The van der Waals surface area contributed by atoms with Gasteiger partial charge in [-0.15, -0.1) is 0 Å². The number of nitro groups is 1. The number of benzene rings is 1. The van der Waals surface area contributed by atoms with Crippen molar-refractivity contribution in [2.75, 3.05) is 18.5 Å². The lowest BCUT2D eigenvalue weighted by Crippen LogP contribution is -2.14. The van der Waals surface area contributed by atoms with Gasteiger partial charge in [-0.2, -0.15) is 5.10 Å². The van der Waals surface area contributed by atoms with E-state index in [9.17, 15) is 14.9 Å². The van der Waals surface area contributed by atoms with Crippen LogP contribution in [0, 0.1) is 23.0 Å². The second kappa shape index (κ2) is 12.3. The number of nitro benzene ring substituents is 1. The summed E-state index contributed by atoms with van der Waals surface area (Å²) < 4.78 is 13.4. The molecule has 0 bridgehead atoms. The zero-order valence-electron chi connectivity index (χ0n) is 19.9. The normalized spacial score (nSPS) is 11.7. The van der Waals surface area contributed by atoms with Gasteiger partial charge in [-0.3, -0.25) is 19.9 Å². The van der Waals surface area contributed by atoms with Gasteiger partial charge in [-0.25, -0.2) is 4.68 Å². The molecule has 0 radical (unpaired) electrons. The minimum atomic E-state index is -0.389. The van der Waals surface area contributed by atoms with E-state index in [0.717, 1.165) is 34.1 Å². The quantitative estimate of drug-likeness (QED) is 0.137. The van der Waals surface area contributed by atoms with Crippen molar-refractivity contribution in [2.45, 2.75) is 33.3 Å². The molecule has 0 saturated heterocycles. The predicted molar refractivity (Wildman–Crippen MR) is 135 cm³/mol. The Morgan fingerprint density at radius 3 is 2.86 bits per heavy atom. The Morgan fingerprint density at radius 1 is 1.31 bits per heavy atom. The van der Waals surface area contributed by atoms with Crippen molar-refractivity contribution in [3.8, 4) is 17.1 Å². The summed E-state index contributed by atoms with van der Waals surface area (Å²) in [6, 6.07) is 8.58. The van der Waals surface area contributed by atoms with Crippen LogP contribution in [0.25, 0.3) is 11.3 Å². The third-order valence-corrected chi connectivity index (χ3v) is 5.86. The van der Waals surface area contributed by atoms with E-state index in [0.29, 0.717) is 36.9 Å². The summed E-state index contributed by atoms with van der Waals surface area (Å²) in [5, 5.41) is 18.7. The largest absolute Gasteiger partial charge is 0.477 e. The van der Waals surface area contributed by atoms with Crippen LogP contribution >= 0.6 is 15.9 Å². The molecule has 1 atom stereocenters. The molecule has 1 aromatic carbocycles. The second-order valence-corrected chi connectivity index (χ2v) is 9.21. The number of hydrogen-bond acceptors (Lipinski definition) is 8. The third kappa shape index (κ3) is 7.25. The summed E-state index contributed by atoms with van der Waals surface area (Å²) in [7, 11) is 1.81. The van der Waals surface area contributed by atoms with Crippen LogP contribution in [0.4, 0.5) is 11.4 Å². The number of nitrogens with zero attached hydrogens (tertiary/aromatic N) is 4. The molecule has 0 aliphatic heterocycles. The van der Waals surface area contributed by atoms with Crippen molar-refractivity contribution in [1.82, 2.24) is 14.8 Å². The molecule has 11 heteroatoms. The molecule has 2 heterocycles. The maximum Gasteiger partial charge on any atom is 0.293 e. The Hall–Kier alpha value is -3.47. The van der Waals surface area contributed by atoms with Crippen LogP contribution in [0.1, 0.15) is 31.0 Å². The number of anilines is 1. The van der Waals surface area contributed by atoms with Crippen molar-refractivity contribution in [1.29, 1.82) is 0 Å². The minimum absolute atomic E-state index is 0.0538. The molecular weight excluding hydrogens is 518 g/mol. The standard InChI is InChI=1S/C24H28BrN5O5/c1-16(12-26-22-11-19(25)6-7-23(22)30(32)33)5-4-8-35-24-20(13-27-29(24)3)21-10-18(14-34-15-31)9-17(2)28-21/h6-7,9-11,13,15-16,26H,4-5,8,12,14H2,1-3H3/t16-/m1/s1. The summed E-state index contributed by atoms with van der Waals surface area (Å²) in [6.07, 6.45) is 3.38. The van der Waals surface area contributed by atoms with Gasteiger partial charge in [-0.05, 0) is 55.5 Å². The number of rotatable bonds is 13. The highest BCUT2D eigenvalue weighted by molar-refractivity contribution is 9.10. The average molecular weight is 546 g/mol. The van der Waals surface area contributed by atoms with Gasteiger partial charge in [0.05, 0.1) is 29.0 Å². The maximum atomic E-state index is 11.2. The van der Waals surface area contributed by atoms with Crippen LogP contribution in [-0.4, -0.2) is 39.3 Å². The Morgan fingerprint density at radius 2 is 2.11 bits per heavy atom. The van der Waals surface area contributed by atoms with E-state index >= 15 is 0 Å². The molecule has 3 rings (SSSR count). The Labute approximate surface area is 211 Å². The van der Waals surface area contributed by atoms with Gasteiger partial charge in [0.1, 0.15) is 12.3 Å². The van der Waals surface area contributed by atoms with Crippen LogP contribution in [-0.2, 0) is 23.2 Å². The molecule has 0 aliphatic carbocycles. The number of hydrogen-bond donors (Lipinski definition) is 1. The van der Waals surface area contributed by atoms with Gasteiger partial charge in [0.15, 0.2) is 0 Å². The van der Waals surface area contributed by atoms with E-state index in [-0.39, 0.29) is 23.1 Å². The highest BCUT2D eigenvalue weighted by Gasteiger charge is 2.16. The Balaban J connectivity index is 1.55. The van der Waals surface area contributed by atoms with Gasteiger partial charge in [0.2, 0.25) is 5.88 Å². The molecule has 0 spiro atoms. The molecule has 10 nitrogen and oxygen atoms in total. The van der Waals surface area contributed by atoms with E-state index in [4.69, 9.17) is 9.47 Å². The summed E-state index contributed by atoms with van der Waals surface area (Å²) in [5.41, 5.74) is 3.65. The number of nitrogens with one attached hydrogen (secondary N) is 1. The van der Waals surface area contributed by atoms with Crippen LogP contribution in [0.3, 0.4) is 0 Å². The number of aryl methyl sites for hydroxylation is 2. The molecule has 3 aromatic rings. The van der Waals surface area contributed by atoms with Gasteiger partial charge in [-0.1, -0.05) is 22.9 Å². The van der Waals surface area contributed by atoms with Gasteiger partial charge >= 0.3 is 0 Å². The first-order chi connectivity index (χ1) is 16.8. The maximum absolute atomic E-state index is 11.2. The van der Waals surface area contributed by atoms with Gasteiger partial charge < -0.3 is 14.8 Å². The molecule has 0 saturated carbocycles. The predicted octanol–water partition coefficient (Wildman–Crippen LogP) is 5.04. The summed E-state index contributed by atoms with van der Waals surface area (Å²) in [6.45, 7) is 5.65. The SMILES string of the molecule is Cc1cc(COC=O)cc(-c2cnn(C)c2OCCC[C@@H](C)CNc2cc(Br)ccc2[N+](=O)[O-])n1. The first-order valence-corrected chi connectivity index (χ1v) is 11.9. The van der Waals surface area contributed by atoms with Crippen molar-refractivity contribution < 1.29 is 19.2 Å². The Kier molecular flexibility index (Phi) is 9.18. The number of carbonyl (C=O) groups excluding carboxylic acids is 1. The van der Waals surface area contributed by atoms with Crippen LogP contribution < -0.4 is 10.1 Å². The number of aromatic nitrogens is 3. The highest BCUT2D eigenvalue weighted by Crippen LogP contribution is 2.30. The van der Waals surface area contributed by atoms with Crippen LogP contribution in [0.5, 0.6) is 5.88 Å². The minimum Gasteiger partial charge on any atom is -0.477 e. The van der Waals surface area contributed by atoms with E-state index in [1.54, 1.807) is 23.0 Å². The van der Waals surface area contributed by atoms with E-state index in [2.05, 4.69) is 38.3 Å². The van der Waals surface area contributed by atoms with Gasteiger partial charge in [0.25, 0.3) is 12.2 Å². The molecule has 0 fully saturated rings. The molecule has 0 amide bonds. The molecule has 186 valence electrons. The molecule has 2 aromatic heterocycles. The van der Waals surface area contributed by atoms with Crippen molar-refractivity contribution in [2.24, 2.45) is 13.0 Å². The zero-order chi connectivity index (χ0) is 25.4. The summed E-state index contributed by atoms with van der Waals surface area (Å²) in [4.78, 5) is 26.0. The fourth-order valence-electron chi connectivity index (χ4n) is 3.66. The second-order valence-electron chi connectivity index (χ2n) is 8.29. The topological polar surface area (TPSA) is 121 Å². The zero-order valence-corrected chi connectivity index (χ0v) is 21.4. The highest BCUT2D eigenvalue weighted by atomic mass is 79.9. The Bertz CT molecular complexity index is 1180. The summed E-state index contributed by atoms with van der Waals surface area (Å²) in [5.74, 6) is 0.892. The number of pyridine rings is 1. The monoisotopic (exact) mass is 545 g/mol. The number of carbonyl (C=O) groups is 1. The number of ether oxygens (including phenoxy) is 2. The lowest BCUT2D eigenvalue weighted by atomic mass is 10.1. The van der Waals surface area contributed by atoms with E-state index < -0.39 is 0 Å². The summed E-state index contributed by atoms with van der Waals surface area (Å²) >= 11 is 3.36. The van der Waals surface area contributed by atoms with Gasteiger partial charge in [0, 0.05) is 29.8 Å². The smallest absolute Gasteiger partial charge is 0.293 e. The molecule has 0 aliphatic rings. The molecule has 1 N–H and O–H groups in total. The fraction of sp³-hybridized carbons (Fsp3) is 0.375. The van der Waals surface area contributed by atoms with Crippen molar-refractivity contribution in [3.63, 3.8) is 0 Å². The lowest BCUT2D eigenvalue weighted by molar-refractivity contribution is -0.384. The molecule has 35 heavy (non-hydrogen) atoms. The van der Waals surface area contributed by atoms with E-state index in [1.807, 2.05) is 26.1 Å². The first-order valence-electron chi connectivity index (χ1n) is 11.1. The molecular formula is C24H28BrN5O5. The van der Waals surface area contributed by atoms with Crippen molar-refractivity contribution in [3.05, 3.63) is 62.4 Å². The third-order valence-electron chi connectivity index (χ3n) is 5.37. The molecule has 0 unspecified atom stereocenters. The fourth-order valence-corrected chi connectivity index (χ4v) is 4.02.